The van der Waals surface area contributed by atoms with Crippen LogP contribution in [0.15, 0.2) is 89.0 Å². The van der Waals surface area contributed by atoms with Crippen LogP contribution in [0.25, 0.3) is 16.7 Å². The Morgan fingerprint density at radius 3 is 2.10 bits per heavy atom. The number of nitriles is 2. The third kappa shape index (κ3) is 3.93. The van der Waals surface area contributed by atoms with E-state index in [0.29, 0.717) is 11.5 Å². The van der Waals surface area contributed by atoms with Crippen molar-refractivity contribution in [3.8, 4) is 22.8 Å². The highest BCUT2D eigenvalue weighted by Crippen LogP contribution is 2.39. The summed E-state index contributed by atoms with van der Waals surface area (Å²) in [5, 5.41) is 18.6. The van der Waals surface area contributed by atoms with E-state index in [9.17, 15) is 0 Å². The van der Waals surface area contributed by atoms with Crippen molar-refractivity contribution in [1.29, 1.82) is 10.5 Å². The van der Waals surface area contributed by atoms with E-state index in [1.165, 1.54) is 17.4 Å². The minimum absolute atomic E-state index is 0.00442. The van der Waals surface area contributed by atoms with Crippen LogP contribution in [-0.4, -0.2) is 4.98 Å². The van der Waals surface area contributed by atoms with Gasteiger partial charge in [0.15, 0.2) is 5.13 Å². The molecule has 0 amide bonds. The number of furan rings is 1. The fourth-order valence-corrected chi connectivity index (χ4v) is 3.72. The van der Waals surface area contributed by atoms with Crippen molar-refractivity contribution in [1.82, 2.24) is 4.98 Å². The standard InChI is InChI=1S/C23H14N4OS/c24-14-17(15-25)13-20-11-12-21(28-20)22-16-26-23(29-22)27(18-7-3-1-4-8-18)19-9-5-2-6-10-19/h1-13,16H. The van der Waals surface area contributed by atoms with Gasteiger partial charge in [0.2, 0.25) is 0 Å². The number of benzene rings is 2. The molecular weight excluding hydrogens is 380 g/mol. The molecule has 0 aliphatic heterocycles. The van der Waals surface area contributed by atoms with Crippen LogP contribution in [0, 0.1) is 22.7 Å². The first-order chi connectivity index (χ1) is 14.3. The monoisotopic (exact) mass is 394 g/mol. The van der Waals surface area contributed by atoms with Crippen molar-refractivity contribution in [2.75, 3.05) is 4.90 Å². The van der Waals surface area contributed by atoms with Crippen LogP contribution < -0.4 is 4.90 Å². The number of allylic oxidation sites excluding steroid dienone is 1. The zero-order valence-electron chi connectivity index (χ0n) is 15.2. The van der Waals surface area contributed by atoms with Gasteiger partial charge >= 0.3 is 0 Å². The minimum atomic E-state index is -0.00442. The van der Waals surface area contributed by atoms with Gasteiger partial charge in [-0.05, 0) is 36.4 Å². The van der Waals surface area contributed by atoms with Crippen LogP contribution in [0.2, 0.25) is 0 Å². The fraction of sp³-hybridized carbons (Fsp3) is 0. The summed E-state index contributed by atoms with van der Waals surface area (Å²) in [4.78, 5) is 7.55. The van der Waals surface area contributed by atoms with Gasteiger partial charge in [-0.2, -0.15) is 10.5 Å². The van der Waals surface area contributed by atoms with Gasteiger partial charge < -0.3 is 4.42 Å². The molecule has 2 aromatic heterocycles. The van der Waals surface area contributed by atoms with Crippen LogP contribution in [0.4, 0.5) is 16.5 Å². The van der Waals surface area contributed by atoms with Gasteiger partial charge in [-0.15, -0.1) is 0 Å². The minimum Gasteiger partial charge on any atom is -0.456 e. The molecule has 0 N–H and O–H groups in total. The molecule has 0 aliphatic rings. The van der Waals surface area contributed by atoms with Crippen LogP contribution >= 0.6 is 11.3 Å². The molecule has 29 heavy (non-hydrogen) atoms. The highest BCUT2D eigenvalue weighted by atomic mass is 32.1. The van der Waals surface area contributed by atoms with Crippen molar-refractivity contribution < 1.29 is 4.42 Å². The molecule has 0 saturated heterocycles. The van der Waals surface area contributed by atoms with E-state index < -0.39 is 0 Å². The van der Waals surface area contributed by atoms with E-state index >= 15 is 0 Å². The molecule has 0 unspecified atom stereocenters. The van der Waals surface area contributed by atoms with Crippen molar-refractivity contribution in [3.05, 3.63) is 90.3 Å². The van der Waals surface area contributed by atoms with E-state index in [0.717, 1.165) is 21.4 Å². The maximum absolute atomic E-state index is 8.90. The lowest BCUT2D eigenvalue weighted by atomic mass is 10.2. The average molecular weight is 394 g/mol. The third-order valence-corrected chi connectivity index (χ3v) is 5.11. The Bertz CT molecular complexity index is 1170. The lowest BCUT2D eigenvalue weighted by molar-refractivity contribution is 0.573. The molecule has 6 heteroatoms. The van der Waals surface area contributed by atoms with Crippen LogP contribution in [0.3, 0.4) is 0 Å². The zero-order valence-corrected chi connectivity index (χ0v) is 16.0. The van der Waals surface area contributed by atoms with E-state index in [2.05, 4.69) is 9.88 Å². The second-order valence-electron chi connectivity index (χ2n) is 6.00. The molecule has 0 fully saturated rings. The SMILES string of the molecule is N#CC(C#N)=Cc1ccc(-c2cnc(N(c3ccccc3)c3ccccc3)s2)o1. The van der Waals surface area contributed by atoms with E-state index in [4.69, 9.17) is 14.9 Å². The Kier molecular flexibility index (Phi) is 5.20. The molecule has 0 atom stereocenters. The van der Waals surface area contributed by atoms with Crippen molar-refractivity contribution in [3.63, 3.8) is 0 Å². The van der Waals surface area contributed by atoms with Gasteiger partial charge in [0, 0.05) is 17.5 Å². The Hall–Kier alpha value is -4.13. The number of nitrogens with zero attached hydrogens (tertiary/aromatic N) is 4. The van der Waals surface area contributed by atoms with Crippen LogP contribution in [0.5, 0.6) is 0 Å². The molecule has 4 aromatic rings. The smallest absolute Gasteiger partial charge is 0.195 e. The zero-order chi connectivity index (χ0) is 20.1. The molecule has 0 bridgehead atoms. The summed E-state index contributed by atoms with van der Waals surface area (Å²) < 4.78 is 5.78. The predicted octanol–water partition coefficient (Wildman–Crippen LogP) is 6.30. The summed E-state index contributed by atoms with van der Waals surface area (Å²) in [5.74, 6) is 1.09. The molecule has 0 radical (unpaired) electrons. The van der Waals surface area contributed by atoms with Gasteiger partial charge in [-0.1, -0.05) is 47.7 Å². The van der Waals surface area contributed by atoms with Crippen molar-refractivity contribution >= 4 is 33.9 Å². The van der Waals surface area contributed by atoms with Gasteiger partial charge in [0.05, 0.1) is 11.1 Å². The maximum Gasteiger partial charge on any atom is 0.195 e. The molecule has 138 valence electrons. The summed E-state index contributed by atoms with van der Waals surface area (Å²) in [6, 6.07) is 27.3. The highest BCUT2D eigenvalue weighted by Gasteiger charge is 2.17. The van der Waals surface area contributed by atoms with E-state index in [1.54, 1.807) is 12.3 Å². The maximum atomic E-state index is 8.90. The van der Waals surface area contributed by atoms with Gasteiger partial charge in [-0.25, -0.2) is 4.98 Å². The van der Waals surface area contributed by atoms with E-state index in [-0.39, 0.29) is 5.57 Å². The molecular formula is C23H14N4OS. The molecule has 2 aromatic carbocycles. The third-order valence-electron chi connectivity index (χ3n) is 4.11. The predicted molar refractivity (Wildman–Crippen MR) is 114 cm³/mol. The summed E-state index contributed by atoms with van der Waals surface area (Å²) in [5.41, 5.74) is 2.01. The van der Waals surface area contributed by atoms with Gasteiger partial charge in [0.25, 0.3) is 0 Å². The number of hydrogen-bond acceptors (Lipinski definition) is 6. The first kappa shape index (κ1) is 18.2. The molecule has 0 spiro atoms. The number of thiazole rings is 1. The topological polar surface area (TPSA) is 76.8 Å². The lowest BCUT2D eigenvalue weighted by Crippen LogP contribution is -2.08. The van der Waals surface area contributed by atoms with E-state index in [1.807, 2.05) is 78.9 Å². The van der Waals surface area contributed by atoms with Gasteiger partial charge in [0.1, 0.15) is 29.2 Å². The summed E-state index contributed by atoms with van der Waals surface area (Å²) in [6.07, 6.45) is 3.19. The molecule has 5 nitrogen and oxygen atoms in total. The second-order valence-corrected chi connectivity index (χ2v) is 7.01. The first-order valence-electron chi connectivity index (χ1n) is 8.76. The summed E-state index contributed by atoms with van der Waals surface area (Å²) in [7, 11) is 0. The average Bonchev–Trinajstić information content (AvgIpc) is 3.43. The number of hydrogen-bond donors (Lipinski definition) is 0. The molecule has 2 heterocycles. The summed E-state index contributed by atoms with van der Waals surface area (Å²) in [6.45, 7) is 0. The second kappa shape index (κ2) is 8.26. The molecule has 4 rings (SSSR count). The number of rotatable bonds is 5. The van der Waals surface area contributed by atoms with Gasteiger partial charge in [-0.3, -0.25) is 4.90 Å². The molecule has 0 aliphatic carbocycles. The number of aromatic nitrogens is 1. The first-order valence-corrected chi connectivity index (χ1v) is 9.58. The van der Waals surface area contributed by atoms with Crippen LogP contribution in [-0.2, 0) is 0 Å². The normalized spacial score (nSPS) is 10.0. The Morgan fingerprint density at radius 1 is 0.897 bits per heavy atom. The Balaban J connectivity index is 1.70. The quantitative estimate of drug-likeness (QED) is 0.371. The lowest BCUT2D eigenvalue weighted by Gasteiger charge is -2.22. The Morgan fingerprint density at radius 2 is 1.52 bits per heavy atom. The number of para-hydroxylation sites is 2. The fourth-order valence-electron chi connectivity index (χ4n) is 2.80. The number of anilines is 3. The molecule has 0 saturated carbocycles. The largest absolute Gasteiger partial charge is 0.456 e. The highest BCUT2D eigenvalue weighted by molar-refractivity contribution is 7.19. The Labute approximate surface area is 172 Å². The van der Waals surface area contributed by atoms with Crippen molar-refractivity contribution in [2.24, 2.45) is 0 Å². The van der Waals surface area contributed by atoms with Crippen LogP contribution in [0.1, 0.15) is 5.76 Å². The summed E-state index contributed by atoms with van der Waals surface area (Å²) >= 11 is 1.50. The van der Waals surface area contributed by atoms with Crippen molar-refractivity contribution in [2.45, 2.75) is 0 Å².